The van der Waals surface area contributed by atoms with Gasteiger partial charge in [-0.25, -0.2) is 4.98 Å². The van der Waals surface area contributed by atoms with Gasteiger partial charge in [-0.05, 0) is 47.8 Å². The number of amides is 1. The maximum Gasteiger partial charge on any atom is 0.222 e. The van der Waals surface area contributed by atoms with E-state index in [-0.39, 0.29) is 11.9 Å². The van der Waals surface area contributed by atoms with Crippen LogP contribution in [0.3, 0.4) is 0 Å². The van der Waals surface area contributed by atoms with Gasteiger partial charge in [0.25, 0.3) is 0 Å². The van der Waals surface area contributed by atoms with Crippen LogP contribution in [-0.2, 0) is 4.79 Å². The van der Waals surface area contributed by atoms with E-state index in [0.717, 1.165) is 35.4 Å². The summed E-state index contributed by atoms with van der Waals surface area (Å²) in [4.78, 5) is 15.9. The molecule has 0 aliphatic carbocycles. The predicted octanol–water partition coefficient (Wildman–Crippen LogP) is 2.23. The Morgan fingerprint density at radius 1 is 1.53 bits per heavy atom. The number of halogens is 1. The third kappa shape index (κ3) is 3.43. The smallest absolute Gasteiger partial charge is 0.222 e. The Morgan fingerprint density at radius 2 is 2.35 bits per heavy atom. The van der Waals surface area contributed by atoms with Gasteiger partial charge in [0.1, 0.15) is 5.82 Å². The maximum atomic E-state index is 11.4. The molecule has 1 unspecified atom stereocenters. The number of carbonyl (C=O) groups excluding carboxylic acids is 1. The Morgan fingerprint density at radius 3 is 3.12 bits per heavy atom. The molecule has 1 amide bonds. The van der Waals surface area contributed by atoms with Crippen molar-refractivity contribution in [2.75, 3.05) is 11.9 Å². The van der Waals surface area contributed by atoms with Gasteiger partial charge in [0, 0.05) is 23.5 Å². The molecule has 5 heteroatoms. The van der Waals surface area contributed by atoms with Crippen molar-refractivity contribution in [3.8, 4) is 0 Å². The van der Waals surface area contributed by atoms with Crippen LogP contribution < -0.4 is 10.6 Å². The van der Waals surface area contributed by atoms with Crippen molar-refractivity contribution < 1.29 is 4.79 Å². The van der Waals surface area contributed by atoms with Crippen molar-refractivity contribution >= 4 is 27.7 Å². The number of hydrogen-bond acceptors (Lipinski definition) is 3. The van der Waals surface area contributed by atoms with Crippen molar-refractivity contribution in [1.29, 1.82) is 0 Å². The fourth-order valence-electron chi connectivity index (χ4n) is 1.93. The molecule has 1 atom stereocenters. The molecule has 0 saturated carbocycles. The molecule has 0 radical (unpaired) electrons. The number of rotatable bonds is 2. The number of nitrogens with one attached hydrogen (secondary N) is 2. The first-order valence-electron chi connectivity index (χ1n) is 5.81. The van der Waals surface area contributed by atoms with Crippen molar-refractivity contribution in [3.05, 3.63) is 22.3 Å². The molecule has 4 nitrogen and oxygen atoms in total. The molecule has 2 heterocycles. The van der Waals surface area contributed by atoms with Crippen LogP contribution in [0, 0.1) is 6.92 Å². The molecule has 1 aliphatic heterocycles. The van der Waals surface area contributed by atoms with Crippen LogP contribution in [0.1, 0.15) is 25.0 Å². The molecule has 1 aromatic rings. The molecule has 1 aromatic heterocycles. The molecule has 1 fully saturated rings. The van der Waals surface area contributed by atoms with Gasteiger partial charge >= 0.3 is 0 Å². The molecular weight excluding hydrogens is 282 g/mol. The highest BCUT2D eigenvalue weighted by Crippen LogP contribution is 2.18. The highest BCUT2D eigenvalue weighted by atomic mass is 79.9. The lowest BCUT2D eigenvalue weighted by molar-refractivity contribution is -0.120. The van der Waals surface area contributed by atoms with E-state index in [1.165, 1.54) is 0 Å². The Hall–Kier alpha value is -1.10. The summed E-state index contributed by atoms with van der Waals surface area (Å²) in [6, 6.07) is 4.09. The van der Waals surface area contributed by atoms with Crippen LogP contribution in [0.25, 0.3) is 0 Å². The summed E-state index contributed by atoms with van der Waals surface area (Å²) in [5, 5.41) is 6.20. The third-order valence-electron chi connectivity index (χ3n) is 2.86. The first-order chi connectivity index (χ1) is 8.15. The van der Waals surface area contributed by atoms with Gasteiger partial charge in [0.05, 0.1) is 5.69 Å². The second-order valence-electron chi connectivity index (χ2n) is 4.30. The number of hydrogen-bond donors (Lipinski definition) is 2. The molecule has 92 valence electrons. The Balaban J connectivity index is 2.03. The third-order valence-corrected chi connectivity index (χ3v) is 3.69. The number of pyridine rings is 1. The number of nitrogens with zero attached hydrogens (tertiary/aromatic N) is 1. The molecule has 1 aliphatic rings. The van der Waals surface area contributed by atoms with Gasteiger partial charge in [0.2, 0.25) is 5.91 Å². The Labute approximate surface area is 109 Å². The Bertz CT molecular complexity index is 422. The zero-order chi connectivity index (χ0) is 12.3. The molecule has 0 bridgehead atoms. The highest BCUT2D eigenvalue weighted by molar-refractivity contribution is 9.10. The van der Waals surface area contributed by atoms with Crippen molar-refractivity contribution in [1.82, 2.24) is 10.3 Å². The summed E-state index contributed by atoms with van der Waals surface area (Å²) in [6.07, 6.45) is 2.53. The standard InChI is InChI=1S/C12H16BrN3O/c1-8-10(13)4-5-11(15-8)16-9-3-2-6-14-12(17)7-9/h4-5,9H,2-3,6-7H2,1H3,(H,14,17)(H,15,16). The van der Waals surface area contributed by atoms with Gasteiger partial charge in [-0.2, -0.15) is 0 Å². The summed E-state index contributed by atoms with van der Waals surface area (Å²) >= 11 is 3.42. The summed E-state index contributed by atoms with van der Waals surface area (Å²) < 4.78 is 1.00. The largest absolute Gasteiger partial charge is 0.367 e. The van der Waals surface area contributed by atoms with E-state index < -0.39 is 0 Å². The molecule has 17 heavy (non-hydrogen) atoms. The van der Waals surface area contributed by atoms with E-state index in [4.69, 9.17) is 0 Å². The van der Waals surface area contributed by atoms with Gasteiger partial charge in [-0.3, -0.25) is 4.79 Å². The van der Waals surface area contributed by atoms with Crippen LogP contribution >= 0.6 is 15.9 Å². The van der Waals surface area contributed by atoms with E-state index in [2.05, 4.69) is 31.5 Å². The number of aryl methyl sites for hydroxylation is 1. The number of carbonyl (C=O) groups is 1. The highest BCUT2D eigenvalue weighted by Gasteiger charge is 2.17. The SMILES string of the molecule is Cc1nc(NC2CCCNC(=O)C2)ccc1Br. The van der Waals surface area contributed by atoms with Gasteiger partial charge in [-0.15, -0.1) is 0 Å². The van der Waals surface area contributed by atoms with Gasteiger partial charge in [-0.1, -0.05) is 0 Å². The van der Waals surface area contributed by atoms with E-state index in [0.29, 0.717) is 6.42 Å². The first-order valence-corrected chi connectivity index (χ1v) is 6.61. The van der Waals surface area contributed by atoms with Crippen LogP contribution in [-0.4, -0.2) is 23.5 Å². The minimum Gasteiger partial charge on any atom is -0.367 e. The molecule has 1 saturated heterocycles. The number of aromatic nitrogens is 1. The summed E-state index contributed by atoms with van der Waals surface area (Å²) in [5.41, 5.74) is 0.952. The summed E-state index contributed by atoms with van der Waals surface area (Å²) in [5.74, 6) is 0.958. The van der Waals surface area contributed by atoms with E-state index in [1.54, 1.807) is 0 Å². The monoisotopic (exact) mass is 297 g/mol. The molecular formula is C12H16BrN3O. The van der Waals surface area contributed by atoms with E-state index >= 15 is 0 Å². The first kappa shape index (κ1) is 12.4. The normalized spacial score (nSPS) is 20.6. The topological polar surface area (TPSA) is 54.0 Å². The zero-order valence-electron chi connectivity index (χ0n) is 9.79. The minimum absolute atomic E-state index is 0.119. The van der Waals surface area contributed by atoms with Crippen LogP contribution in [0.4, 0.5) is 5.82 Å². The molecule has 2 rings (SSSR count). The quantitative estimate of drug-likeness (QED) is 0.880. The number of anilines is 1. The average Bonchev–Trinajstić information content (AvgIpc) is 2.48. The van der Waals surface area contributed by atoms with Crippen molar-refractivity contribution in [3.63, 3.8) is 0 Å². The van der Waals surface area contributed by atoms with Gasteiger partial charge in [0.15, 0.2) is 0 Å². The van der Waals surface area contributed by atoms with E-state index in [1.807, 2.05) is 19.1 Å². The second-order valence-corrected chi connectivity index (χ2v) is 5.16. The lowest BCUT2D eigenvalue weighted by atomic mass is 10.1. The maximum absolute atomic E-state index is 11.4. The summed E-state index contributed by atoms with van der Waals surface area (Å²) in [6.45, 7) is 2.73. The van der Waals surface area contributed by atoms with Crippen LogP contribution in [0.2, 0.25) is 0 Å². The second kappa shape index (κ2) is 5.49. The average molecular weight is 298 g/mol. The summed E-state index contributed by atoms with van der Waals surface area (Å²) in [7, 11) is 0. The minimum atomic E-state index is 0.119. The van der Waals surface area contributed by atoms with Gasteiger partial charge < -0.3 is 10.6 Å². The molecule has 0 aromatic carbocycles. The molecule has 0 spiro atoms. The predicted molar refractivity (Wildman–Crippen MR) is 70.9 cm³/mol. The van der Waals surface area contributed by atoms with Crippen LogP contribution in [0.5, 0.6) is 0 Å². The Kier molecular flexibility index (Phi) is 3.99. The lowest BCUT2D eigenvalue weighted by Crippen LogP contribution is -2.27. The van der Waals surface area contributed by atoms with Crippen molar-refractivity contribution in [2.45, 2.75) is 32.2 Å². The lowest BCUT2D eigenvalue weighted by Gasteiger charge is -2.16. The van der Waals surface area contributed by atoms with E-state index in [9.17, 15) is 4.79 Å². The van der Waals surface area contributed by atoms with Crippen LogP contribution in [0.15, 0.2) is 16.6 Å². The fourth-order valence-corrected chi connectivity index (χ4v) is 2.15. The molecule has 2 N–H and O–H groups in total. The van der Waals surface area contributed by atoms with Crippen molar-refractivity contribution in [2.24, 2.45) is 0 Å². The zero-order valence-corrected chi connectivity index (χ0v) is 11.4. The fraction of sp³-hybridized carbons (Fsp3) is 0.500.